The topological polar surface area (TPSA) is 78.9 Å². The number of amides is 3. The smallest absolute Gasteiger partial charge is 0.325 e. The van der Waals surface area contributed by atoms with Crippen LogP contribution in [0.2, 0.25) is 0 Å². The van der Waals surface area contributed by atoms with Crippen LogP contribution >= 0.6 is 0 Å². The summed E-state index contributed by atoms with van der Waals surface area (Å²) in [6, 6.07) is 8.73. The van der Waals surface area contributed by atoms with Gasteiger partial charge >= 0.3 is 6.03 Å². The molecule has 1 saturated carbocycles. The summed E-state index contributed by atoms with van der Waals surface area (Å²) >= 11 is 0. The van der Waals surface area contributed by atoms with E-state index in [0.29, 0.717) is 12.2 Å². The van der Waals surface area contributed by atoms with Gasteiger partial charge in [-0.2, -0.15) is 0 Å². The number of nitrogens with one attached hydrogen (secondary N) is 1. The second-order valence-electron chi connectivity index (χ2n) is 6.74. The van der Waals surface area contributed by atoms with E-state index in [1.54, 1.807) is 12.1 Å². The Hall–Kier alpha value is -2.08. The molecule has 1 aromatic carbocycles. The lowest BCUT2D eigenvalue weighted by molar-refractivity contribution is -0.135. The van der Waals surface area contributed by atoms with Crippen LogP contribution in [0.15, 0.2) is 30.3 Å². The molecule has 2 N–H and O–H groups in total. The van der Waals surface area contributed by atoms with Crippen LogP contribution in [0.4, 0.5) is 4.79 Å². The predicted molar refractivity (Wildman–Crippen MR) is 88.6 cm³/mol. The number of nitrogens with zero attached hydrogens (tertiary/aromatic N) is 1. The van der Waals surface area contributed by atoms with Crippen LogP contribution in [0.5, 0.6) is 5.75 Å². The summed E-state index contributed by atoms with van der Waals surface area (Å²) in [6.07, 6.45) is 2.70. The minimum Gasteiger partial charge on any atom is -0.491 e. The second-order valence-corrected chi connectivity index (χ2v) is 6.74. The molecule has 3 amide bonds. The Morgan fingerprint density at radius 1 is 1.33 bits per heavy atom. The van der Waals surface area contributed by atoms with Crippen molar-refractivity contribution in [1.82, 2.24) is 10.2 Å². The number of ether oxygens (including phenoxy) is 1. The summed E-state index contributed by atoms with van der Waals surface area (Å²) in [7, 11) is 0. The van der Waals surface area contributed by atoms with Gasteiger partial charge in [-0.25, -0.2) is 4.79 Å². The number of para-hydroxylation sites is 1. The van der Waals surface area contributed by atoms with E-state index in [1.165, 1.54) is 0 Å². The number of benzene rings is 1. The van der Waals surface area contributed by atoms with Gasteiger partial charge in [0.1, 0.15) is 24.0 Å². The molecule has 1 aromatic rings. The van der Waals surface area contributed by atoms with Gasteiger partial charge in [-0.05, 0) is 30.9 Å². The number of urea groups is 1. The van der Waals surface area contributed by atoms with Crippen LogP contribution in [-0.2, 0) is 4.79 Å². The third-order valence-corrected chi connectivity index (χ3v) is 5.08. The lowest BCUT2D eigenvalue weighted by atomic mass is 9.73. The van der Waals surface area contributed by atoms with Gasteiger partial charge in [0, 0.05) is 0 Å². The summed E-state index contributed by atoms with van der Waals surface area (Å²) < 4.78 is 5.49. The predicted octanol–water partition coefficient (Wildman–Crippen LogP) is 1.93. The first kappa shape index (κ1) is 16.8. The molecule has 6 heteroatoms. The van der Waals surface area contributed by atoms with Crippen molar-refractivity contribution in [2.24, 2.45) is 5.92 Å². The van der Waals surface area contributed by atoms with Gasteiger partial charge in [0.05, 0.1) is 6.54 Å². The molecular formula is C18H24N2O4. The zero-order valence-electron chi connectivity index (χ0n) is 13.9. The highest BCUT2D eigenvalue weighted by molar-refractivity contribution is 6.07. The minimum atomic E-state index is -0.922. The van der Waals surface area contributed by atoms with Crippen molar-refractivity contribution in [3.05, 3.63) is 30.3 Å². The molecule has 6 nitrogen and oxygen atoms in total. The number of hydrogen-bond donors (Lipinski definition) is 2. The van der Waals surface area contributed by atoms with Gasteiger partial charge in [0.15, 0.2) is 0 Å². The lowest BCUT2D eigenvalue weighted by Gasteiger charge is -2.36. The van der Waals surface area contributed by atoms with Crippen LogP contribution in [0, 0.1) is 5.92 Å². The van der Waals surface area contributed by atoms with Gasteiger partial charge in [-0.3, -0.25) is 9.69 Å². The fourth-order valence-corrected chi connectivity index (χ4v) is 3.63. The molecule has 1 heterocycles. The number of aliphatic hydroxyl groups is 1. The summed E-state index contributed by atoms with van der Waals surface area (Å²) in [5, 5.41) is 13.0. The first-order valence-electron chi connectivity index (χ1n) is 8.53. The molecule has 0 aromatic heterocycles. The van der Waals surface area contributed by atoms with E-state index < -0.39 is 17.7 Å². The molecule has 1 aliphatic heterocycles. The first-order chi connectivity index (χ1) is 11.5. The summed E-state index contributed by atoms with van der Waals surface area (Å²) in [5.41, 5.74) is -0.782. The van der Waals surface area contributed by atoms with Crippen LogP contribution in [0.25, 0.3) is 0 Å². The van der Waals surface area contributed by atoms with Gasteiger partial charge < -0.3 is 15.2 Å². The van der Waals surface area contributed by atoms with Crippen molar-refractivity contribution in [2.75, 3.05) is 13.2 Å². The lowest BCUT2D eigenvalue weighted by Crippen LogP contribution is -2.54. The second kappa shape index (κ2) is 6.81. The van der Waals surface area contributed by atoms with Gasteiger partial charge in [-0.1, -0.05) is 38.0 Å². The molecule has 3 atom stereocenters. The molecule has 0 radical (unpaired) electrons. The van der Waals surface area contributed by atoms with E-state index in [4.69, 9.17) is 4.74 Å². The molecule has 1 aliphatic carbocycles. The number of carbonyl (C=O) groups is 2. The Morgan fingerprint density at radius 3 is 2.79 bits per heavy atom. The average Bonchev–Trinajstić information content (AvgIpc) is 2.82. The molecule has 1 spiro atoms. The number of carbonyl (C=O) groups excluding carboxylic acids is 2. The Labute approximate surface area is 141 Å². The van der Waals surface area contributed by atoms with Crippen molar-refractivity contribution < 1.29 is 19.4 Å². The maximum atomic E-state index is 12.8. The van der Waals surface area contributed by atoms with Gasteiger partial charge in [-0.15, -0.1) is 0 Å². The highest BCUT2D eigenvalue weighted by Gasteiger charge is 2.54. The summed E-state index contributed by atoms with van der Waals surface area (Å²) in [6.45, 7) is 1.99. The maximum absolute atomic E-state index is 12.8. The highest BCUT2D eigenvalue weighted by Crippen LogP contribution is 2.38. The molecule has 130 valence electrons. The van der Waals surface area contributed by atoms with Crippen molar-refractivity contribution in [1.29, 1.82) is 0 Å². The average molecular weight is 332 g/mol. The zero-order chi connectivity index (χ0) is 17.2. The van der Waals surface area contributed by atoms with Gasteiger partial charge in [0.25, 0.3) is 5.91 Å². The van der Waals surface area contributed by atoms with Crippen molar-refractivity contribution in [3.8, 4) is 5.75 Å². The fraction of sp³-hybridized carbons (Fsp3) is 0.556. The van der Waals surface area contributed by atoms with E-state index >= 15 is 0 Å². The van der Waals surface area contributed by atoms with E-state index in [1.807, 2.05) is 25.1 Å². The Balaban J connectivity index is 1.60. The van der Waals surface area contributed by atoms with Crippen molar-refractivity contribution in [2.45, 2.75) is 44.2 Å². The standard InChI is InChI=1S/C18H24N2O4/c1-13-7-5-6-10-18(13)16(22)20(17(23)19-18)11-14(21)12-24-15-8-3-2-4-9-15/h2-4,8-9,13-14,21H,5-7,10-12H2,1H3,(H,19,23)/t13-,14-,18+/m1/s1. The number of imide groups is 1. The van der Waals surface area contributed by atoms with Crippen molar-refractivity contribution in [3.63, 3.8) is 0 Å². The molecular weight excluding hydrogens is 308 g/mol. The van der Waals surface area contributed by atoms with E-state index in [0.717, 1.165) is 24.2 Å². The molecule has 2 aliphatic rings. The van der Waals surface area contributed by atoms with Crippen LogP contribution in [-0.4, -0.2) is 46.7 Å². The monoisotopic (exact) mass is 332 g/mol. The zero-order valence-corrected chi connectivity index (χ0v) is 13.9. The Morgan fingerprint density at radius 2 is 2.08 bits per heavy atom. The van der Waals surface area contributed by atoms with E-state index in [2.05, 4.69) is 5.32 Å². The Kier molecular flexibility index (Phi) is 4.76. The summed E-state index contributed by atoms with van der Waals surface area (Å²) in [4.78, 5) is 26.2. The molecule has 2 fully saturated rings. The van der Waals surface area contributed by atoms with Crippen LogP contribution in [0.3, 0.4) is 0 Å². The number of aliphatic hydroxyl groups excluding tert-OH is 1. The largest absolute Gasteiger partial charge is 0.491 e. The SMILES string of the molecule is C[C@@H]1CCCC[C@]12NC(=O)N(C[C@@H](O)COc1ccccc1)C2=O. The minimum absolute atomic E-state index is 0.0314. The van der Waals surface area contributed by atoms with E-state index in [-0.39, 0.29) is 25.0 Å². The first-order valence-corrected chi connectivity index (χ1v) is 8.53. The number of rotatable bonds is 5. The third kappa shape index (κ3) is 3.11. The van der Waals surface area contributed by atoms with Crippen LogP contribution in [0.1, 0.15) is 32.6 Å². The molecule has 24 heavy (non-hydrogen) atoms. The fourth-order valence-electron chi connectivity index (χ4n) is 3.63. The number of β-amino-alcohol motifs (C(OH)–C–C–N with tert-alkyl or cyclic N) is 1. The van der Waals surface area contributed by atoms with E-state index in [9.17, 15) is 14.7 Å². The number of hydrogen-bond acceptors (Lipinski definition) is 4. The normalized spacial score (nSPS) is 28.1. The van der Waals surface area contributed by atoms with Gasteiger partial charge in [0.2, 0.25) is 0 Å². The van der Waals surface area contributed by atoms with Crippen molar-refractivity contribution >= 4 is 11.9 Å². The quantitative estimate of drug-likeness (QED) is 0.808. The third-order valence-electron chi connectivity index (χ3n) is 5.08. The molecule has 0 unspecified atom stereocenters. The molecule has 1 saturated heterocycles. The summed E-state index contributed by atoms with van der Waals surface area (Å²) in [5.74, 6) is 0.551. The molecule has 0 bridgehead atoms. The highest BCUT2D eigenvalue weighted by atomic mass is 16.5. The Bertz CT molecular complexity index is 606. The van der Waals surface area contributed by atoms with Crippen LogP contribution < -0.4 is 10.1 Å². The molecule has 3 rings (SSSR count). The maximum Gasteiger partial charge on any atom is 0.325 e.